The number of hydrogen-bond donors (Lipinski definition) is 1. The number of aryl methyl sites for hydroxylation is 2. The zero-order chi connectivity index (χ0) is 20.1. The minimum Gasteiger partial charge on any atom is -0.417 e. The first-order valence-electron chi connectivity index (χ1n) is 8.90. The first kappa shape index (κ1) is 18.1. The standard InChI is InChI=1S/C20H21N5O3/c1-11-15(17-22-23-19(28-17)20(3,4)27-5)18(26)25-16(21-11)14(12(2)24-25)13-9-7-6-8-10-13/h6-10,24H,1-5H3. The molecule has 0 amide bonds. The molecule has 0 aliphatic carbocycles. The van der Waals surface area contributed by atoms with Crippen molar-refractivity contribution in [3.8, 4) is 22.6 Å². The number of nitrogens with one attached hydrogen (secondary N) is 1. The fraction of sp³-hybridized carbons (Fsp3) is 0.300. The van der Waals surface area contributed by atoms with Gasteiger partial charge >= 0.3 is 0 Å². The first-order valence-corrected chi connectivity index (χ1v) is 8.90. The molecule has 0 spiro atoms. The molecule has 144 valence electrons. The van der Waals surface area contributed by atoms with Crippen molar-refractivity contribution in [1.29, 1.82) is 0 Å². The Hall–Kier alpha value is -3.26. The smallest absolute Gasteiger partial charge is 0.285 e. The van der Waals surface area contributed by atoms with Crippen LogP contribution in [0.3, 0.4) is 0 Å². The van der Waals surface area contributed by atoms with E-state index in [1.54, 1.807) is 14.0 Å². The number of aromatic nitrogens is 5. The maximum absolute atomic E-state index is 13.2. The zero-order valence-corrected chi connectivity index (χ0v) is 16.4. The molecular weight excluding hydrogens is 358 g/mol. The van der Waals surface area contributed by atoms with Gasteiger partial charge in [0.05, 0.1) is 5.69 Å². The van der Waals surface area contributed by atoms with Crippen LogP contribution in [0.25, 0.3) is 28.2 Å². The normalized spacial score (nSPS) is 12.0. The highest BCUT2D eigenvalue weighted by Crippen LogP contribution is 2.29. The van der Waals surface area contributed by atoms with Gasteiger partial charge in [0.2, 0.25) is 5.89 Å². The lowest BCUT2D eigenvalue weighted by Gasteiger charge is -2.17. The third-order valence-corrected chi connectivity index (χ3v) is 4.87. The Labute approximate surface area is 161 Å². The van der Waals surface area contributed by atoms with Gasteiger partial charge in [0.1, 0.15) is 11.2 Å². The highest BCUT2D eigenvalue weighted by Gasteiger charge is 2.29. The molecule has 8 heteroatoms. The van der Waals surface area contributed by atoms with Gasteiger partial charge in [-0.2, -0.15) is 0 Å². The van der Waals surface area contributed by atoms with Crippen LogP contribution in [-0.2, 0) is 10.3 Å². The molecule has 0 radical (unpaired) electrons. The third-order valence-electron chi connectivity index (χ3n) is 4.87. The molecule has 4 aromatic rings. The minimum absolute atomic E-state index is 0.123. The molecule has 0 aliphatic rings. The Morgan fingerprint density at radius 3 is 2.50 bits per heavy atom. The van der Waals surface area contributed by atoms with E-state index in [4.69, 9.17) is 9.15 Å². The number of hydrogen-bond acceptors (Lipinski definition) is 6. The van der Waals surface area contributed by atoms with Gasteiger partial charge in [-0.25, -0.2) is 9.50 Å². The number of nitrogens with zero attached hydrogens (tertiary/aromatic N) is 4. The summed E-state index contributed by atoms with van der Waals surface area (Å²) in [6, 6.07) is 9.83. The van der Waals surface area contributed by atoms with Gasteiger partial charge in [-0.3, -0.25) is 9.89 Å². The summed E-state index contributed by atoms with van der Waals surface area (Å²) in [4.78, 5) is 17.9. The fourth-order valence-electron chi connectivity index (χ4n) is 3.14. The lowest BCUT2D eigenvalue weighted by atomic mass is 10.1. The second-order valence-electron chi connectivity index (χ2n) is 7.14. The highest BCUT2D eigenvalue weighted by molar-refractivity contribution is 5.80. The summed E-state index contributed by atoms with van der Waals surface area (Å²) in [7, 11) is 1.56. The SMILES string of the molecule is COC(C)(C)c1nnc(-c2c(C)nc3c(-c4ccccc4)c(C)[nH]n3c2=O)o1. The molecule has 3 aromatic heterocycles. The van der Waals surface area contributed by atoms with E-state index in [2.05, 4.69) is 20.3 Å². The van der Waals surface area contributed by atoms with E-state index in [1.165, 1.54) is 4.52 Å². The van der Waals surface area contributed by atoms with Gasteiger partial charge in [0.15, 0.2) is 5.65 Å². The second-order valence-corrected chi connectivity index (χ2v) is 7.14. The molecule has 8 nitrogen and oxygen atoms in total. The van der Waals surface area contributed by atoms with Gasteiger partial charge in [0, 0.05) is 18.4 Å². The summed E-state index contributed by atoms with van der Waals surface area (Å²) < 4.78 is 12.5. The van der Waals surface area contributed by atoms with Gasteiger partial charge in [-0.1, -0.05) is 30.3 Å². The van der Waals surface area contributed by atoms with Crippen molar-refractivity contribution in [3.05, 3.63) is 58.0 Å². The molecule has 0 fully saturated rings. The number of rotatable bonds is 4. The summed E-state index contributed by atoms with van der Waals surface area (Å²) in [6.07, 6.45) is 0. The molecular formula is C20H21N5O3. The van der Waals surface area contributed by atoms with E-state index in [1.807, 2.05) is 51.1 Å². The van der Waals surface area contributed by atoms with Crippen LogP contribution < -0.4 is 5.56 Å². The van der Waals surface area contributed by atoms with Gasteiger partial charge < -0.3 is 9.15 Å². The Bertz CT molecular complexity index is 1220. The fourth-order valence-corrected chi connectivity index (χ4v) is 3.14. The van der Waals surface area contributed by atoms with Gasteiger partial charge in [-0.15, -0.1) is 10.2 Å². The highest BCUT2D eigenvalue weighted by atomic mass is 16.5. The van der Waals surface area contributed by atoms with Crippen LogP contribution in [0, 0.1) is 13.8 Å². The molecule has 0 unspecified atom stereocenters. The van der Waals surface area contributed by atoms with Crippen LogP contribution in [0.15, 0.2) is 39.5 Å². The lowest BCUT2D eigenvalue weighted by molar-refractivity contribution is -0.00339. The van der Waals surface area contributed by atoms with Crippen molar-refractivity contribution in [2.24, 2.45) is 0 Å². The van der Waals surface area contributed by atoms with Crippen molar-refractivity contribution < 1.29 is 9.15 Å². The zero-order valence-electron chi connectivity index (χ0n) is 16.4. The van der Waals surface area contributed by atoms with Crippen molar-refractivity contribution >= 4 is 5.65 Å². The number of ether oxygens (including phenoxy) is 1. The number of methoxy groups -OCH3 is 1. The molecule has 0 bridgehead atoms. The van der Waals surface area contributed by atoms with E-state index in [-0.39, 0.29) is 17.0 Å². The van der Waals surface area contributed by atoms with E-state index in [0.717, 1.165) is 16.8 Å². The Morgan fingerprint density at radius 2 is 1.82 bits per heavy atom. The van der Waals surface area contributed by atoms with Crippen LogP contribution >= 0.6 is 0 Å². The summed E-state index contributed by atoms with van der Waals surface area (Å²) in [5.41, 5.74) is 3.02. The van der Waals surface area contributed by atoms with Crippen LogP contribution in [0.4, 0.5) is 0 Å². The van der Waals surface area contributed by atoms with Crippen LogP contribution in [0.2, 0.25) is 0 Å². The molecule has 28 heavy (non-hydrogen) atoms. The van der Waals surface area contributed by atoms with Crippen LogP contribution in [0.1, 0.15) is 31.1 Å². The summed E-state index contributed by atoms with van der Waals surface area (Å²) in [6.45, 7) is 7.30. The second kappa shape index (κ2) is 6.42. The lowest BCUT2D eigenvalue weighted by Crippen LogP contribution is -2.20. The first-order chi connectivity index (χ1) is 13.3. The van der Waals surface area contributed by atoms with Gasteiger partial charge in [0.25, 0.3) is 11.4 Å². The predicted octanol–water partition coefficient (Wildman–Crippen LogP) is 3.24. The topological polar surface area (TPSA) is 98.3 Å². The van der Waals surface area contributed by atoms with E-state index in [9.17, 15) is 4.79 Å². The molecule has 0 saturated heterocycles. The minimum atomic E-state index is -0.754. The molecule has 3 heterocycles. The van der Waals surface area contributed by atoms with Crippen LogP contribution in [0.5, 0.6) is 0 Å². The molecule has 0 saturated carbocycles. The maximum Gasteiger partial charge on any atom is 0.285 e. The average molecular weight is 379 g/mol. The maximum atomic E-state index is 13.2. The number of fused-ring (bicyclic) bond motifs is 1. The molecule has 0 aliphatic heterocycles. The number of benzene rings is 1. The number of H-pyrrole nitrogens is 1. The molecule has 1 aromatic carbocycles. The molecule has 0 atom stereocenters. The third kappa shape index (κ3) is 2.73. The van der Waals surface area contributed by atoms with E-state index in [0.29, 0.717) is 17.2 Å². The Balaban J connectivity index is 1.93. The van der Waals surface area contributed by atoms with Crippen molar-refractivity contribution in [2.45, 2.75) is 33.3 Å². The Morgan fingerprint density at radius 1 is 1.11 bits per heavy atom. The molecule has 1 N–H and O–H groups in total. The average Bonchev–Trinajstić information content (AvgIpc) is 3.28. The summed E-state index contributed by atoms with van der Waals surface area (Å²) in [5, 5.41) is 11.2. The van der Waals surface area contributed by atoms with Crippen molar-refractivity contribution in [1.82, 2.24) is 24.8 Å². The largest absolute Gasteiger partial charge is 0.417 e. The summed E-state index contributed by atoms with van der Waals surface area (Å²) in [5.74, 6) is 0.416. The quantitative estimate of drug-likeness (QED) is 0.584. The van der Waals surface area contributed by atoms with E-state index >= 15 is 0 Å². The predicted molar refractivity (Wildman–Crippen MR) is 104 cm³/mol. The van der Waals surface area contributed by atoms with Gasteiger partial charge in [-0.05, 0) is 33.3 Å². The van der Waals surface area contributed by atoms with Crippen LogP contribution in [-0.4, -0.2) is 31.9 Å². The monoisotopic (exact) mass is 379 g/mol. The molecule has 4 rings (SSSR count). The van der Waals surface area contributed by atoms with Crippen molar-refractivity contribution in [3.63, 3.8) is 0 Å². The Kier molecular flexibility index (Phi) is 4.15. The number of aromatic amines is 1. The van der Waals surface area contributed by atoms with E-state index < -0.39 is 5.60 Å². The van der Waals surface area contributed by atoms with Crippen molar-refractivity contribution in [2.75, 3.05) is 7.11 Å². The summed E-state index contributed by atoms with van der Waals surface area (Å²) >= 11 is 0.